The fraction of sp³-hybridized carbons (Fsp3) is 0.560. The summed E-state index contributed by atoms with van der Waals surface area (Å²) in [7, 11) is 0. The first kappa shape index (κ1) is 22.4. The van der Waals surface area contributed by atoms with Gasteiger partial charge in [0.25, 0.3) is 11.5 Å². The van der Waals surface area contributed by atoms with Crippen LogP contribution in [0.4, 0.5) is 5.69 Å². The number of carbonyl (C=O) groups is 1. The summed E-state index contributed by atoms with van der Waals surface area (Å²) in [6.07, 6.45) is 10.7. The Morgan fingerprint density at radius 2 is 1.62 bits per heavy atom. The lowest BCUT2D eigenvalue weighted by Crippen LogP contribution is -2.48. The predicted molar refractivity (Wildman–Crippen MR) is 126 cm³/mol. The van der Waals surface area contributed by atoms with Gasteiger partial charge in [0.1, 0.15) is 11.4 Å². The molecule has 1 aromatic carbocycles. The molecule has 172 valence electrons. The molecular formula is C25H34N4O3. The monoisotopic (exact) mass is 438 g/mol. The molecule has 32 heavy (non-hydrogen) atoms. The minimum atomic E-state index is -0.673. The topological polar surface area (TPSA) is 107 Å². The molecule has 0 saturated heterocycles. The summed E-state index contributed by atoms with van der Waals surface area (Å²) in [5.74, 6) is 0.0253. The SMILES string of the molecule is C[C@H](Nc1c(C(=O)NC2(c3ccccc3)CCCCC2)[nH]c(=O)[nH]c1=O)C1CCCCC1. The Balaban J connectivity index is 1.64. The van der Waals surface area contributed by atoms with Gasteiger partial charge in [-0.2, -0.15) is 0 Å². The van der Waals surface area contributed by atoms with E-state index >= 15 is 0 Å². The zero-order chi connectivity index (χ0) is 22.6. The van der Waals surface area contributed by atoms with Gasteiger partial charge in [0.15, 0.2) is 0 Å². The molecule has 0 spiro atoms. The van der Waals surface area contributed by atoms with Gasteiger partial charge in [-0.15, -0.1) is 0 Å². The van der Waals surface area contributed by atoms with Crippen molar-refractivity contribution >= 4 is 11.6 Å². The van der Waals surface area contributed by atoms with Crippen molar-refractivity contribution in [3.63, 3.8) is 0 Å². The van der Waals surface area contributed by atoms with Gasteiger partial charge in [-0.25, -0.2) is 4.79 Å². The predicted octanol–water partition coefficient (Wildman–Crippen LogP) is 4.03. The van der Waals surface area contributed by atoms with Crippen LogP contribution in [0.25, 0.3) is 0 Å². The first-order valence-electron chi connectivity index (χ1n) is 12.0. The Bertz CT molecular complexity index is 1030. The van der Waals surface area contributed by atoms with E-state index in [-0.39, 0.29) is 17.4 Å². The Kier molecular flexibility index (Phi) is 6.82. The van der Waals surface area contributed by atoms with Crippen molar-refractivity contribution in [3.05, 3.63) is 62.4 Å². The average Bonchev–Trinajstić information content (AvgIpc) is 2.82. The number of hydrogen-bond acceptors (Lipinski definition) is 4. The van der Waals surface area contributed by atoms with E-state index in [9.17, 15) is 14.4 Å². The maximum atomic E-state index is 13.5. The fourth-order valence-corrected chi connectivity index (χ4v) is 5.45. The molecule has 2 saturated carbocycles. The summed E-state index contributed by atoms with van der Waals surface area (Å²) < 4.78 is 0. The highest BCUT2D eigenvalue weighted by molar-refractivity contribution is 5.98. The van der Waals surface area contributed by atoms with Crippen LogP contribution in [0.1, 0.15) is 87.2 Å². The van der Waals surface area contributed by atoms with Crippen LogP contribution in [0, 0.1) is 5.92 Å². The molecule has 2 aliphatic rings. The molecule has 0 unspecified atom stereocenters. The van der Waals surface area contributed by atoms with E-state index in [1.165, 1.54) is 19.3 Å². The number of H-pyrrole nitrogens is 2. The highest BCUT2D eigenvalue weighted by Gasteiger charge is 2.36. The summed E-state index contributed by atoms with van der Waals surface area (Å²) in [5, 5.41) is 6.48. The van der Waals surface area contributed by atoms with Crippen LogP contribution in [-0.4, -0.2) is 21.9 Å². The molecule has 0 bridgehead atoms. The molecule has 1 amide bonds. The maximum Gasteiger partial charge on any atom is 0.326 e. The largest absolute Gasteiger partial charge is 0.376 e. The van der Waals surface area contributed by atoms with Crippen molar-refractivity contribution in [2.75, 3.05) is 5.32 Å². The van der Waals surface area contributed by atoms with Crippen LogP contribution in [0.5, 0.6) is 0 Å². The molecular weight excluding hydrogens is 404 g/mol. The Morgan fingerprint density at radius 1 is 0.969 bits per heavy atom. The van der Waals surface area contributed by atoms with Gasteiger partial charge in [-0.3, -0.25) is 14.6 Å². The second-order valence-corrected chi connectivity index (χ2v) is 9.45. The quantitative estimate of drug-likeness (QED) is 0.546. The van der Waals surface area contributed by atoms with E-state index in [1.54, 1.807) is 0 Å². The Hall–Kier alpha value is -2.83. The fourth-order valence-electron chi connectivity index (χ4n) is 5.45. The van der Waals surface area contributed by atoms with E-state index < -0.39 is 22.7 Å². The second kappa shape index (κ2) is 9.76. The number of carbonyl (C=O) groups excluding carboxylic acids is 1. The number of nitrogens with one attached hydrogen (secondary N) is 4. The van der Waals surface area contributed by atoms with Crippen LogP contribution in [0.2, 0.25) is 0 Å². The molecule has 0 radical (unpaired) electrons. The lowest BCUT2D eigenvalue weighted by molar-refractivity contribution is 0.0861. The third-order valence-electron chi connectivity index (χ3n) is 7.28. The molecule has 2 aliphatic carbocycles. The minimum absolute atomic E-state index is 0.0160. The number of hydrogen-bond donors (Lipinski definition) is 4. The number of amides is 1. The number of benzene rings is 1. The van der Waals surface area contributed by atoms with Crippen molar-refractivity contribution in [3.8, 4) is 0 Å². The first-order valence-corrected chi connectivity index (χ1v) is 12.0. The van der Waals surface area contributed by atoms with E-state index in [0.29, 0.717) is 5.92 Å². The van der Waals surface area contributed by atoms with Gasteiger partial charge in [0, 0.05) is 6.04 Å². The average molecular weight is 439 g/mol. The van der Waals surface area contributed by atoms with Gasteiger partial charge in [0.2, 0.25) is 0 Å². The lowest BCUT2D eigenvalue weighted by atomic mass is 9.76. The van der Waals surface area contributed by atoms with E-state index in [1.807, 2.05) is 30.3 Å². The third kappa shape index (κ3) is 4.81. The highest BCUT2D eigenvalue weighted by Crippen LogP contribution is 2.37. The molecule has 0 aliphatic heterocycles. The molecule has 1 atom stereocenters. The first-order chi connectivity index (χ1) is 15.5. The zero-order valence-corrected chi connectivity index (χ0v) is 18.8. The highest BCUT2D eigenvalue weighted by atomic mass is 16.2. The van der Waals surface area contributed by atoms with Crippen molar-refractivity contribution in [1.82, 2.24) is 15.3 Å². The lowest BCUT2D eigenvalue weighted by Gasteiger charge is -2.39. The van der Waals surface area contributed by atoms with Crippen LogP contribution in [-0.2, 0) is 5.54 Å². The van der Waals surface area contributed by atoms with Crippen LogP contribution in [0.15, 0.2) is 39.9 Å². The molecule has 2 fully saturated rings. The maximum absolute atomic E-state index is 13.5. The van der Waals surface area contributed by atoms with Crippen molar-refractivity contribution < 1.29 is 4.79 Å². The Labute approximate surface area is 188 Å². The summed E-state index contributed by atoms with van der Waals surface area (Å²) in [4.78, 5) is 43.2. The summed E-state index contributed by atoms with van der Waals surface area (Å²) in [6, 6.07) is 10.0. The Morgan fingerprint density at radius 3 is 2.31 bits per heavy atom. The van der Waals surface area contributed by atoms with Crippen LogP contribution in [0.3, 0.4) is 0 Å². The van der Waals surface area contributed by atoms with E-state index in [2.05, 4.69) is 27.5 Å². The van der Waals surface area contributed by atoms with Gasteiger partial charge < -0.3 is 15.6 Å². The number of aromatic nitrogens is 2. The molecule has 7 nitrogen and oxygen atoms in total. The van der Waals surface area contributed by atoms with Crippen molar-refractivity contribution in [2.45, 2.75) is 82.7 Å². The molecule has 1 aromatic heterocycles. The number of rotatable bonds is 6. The molecule has 1 heterocycles. The number of aromatic amines is 2. The molecule has 4 rings (SSSR count). The normalized spacial score (nSPS) is 19.8. The zero-order valence-electron chi connectivity index (χ0n) is 18.8. The smallest absolute Gasteiger partial charge is 0.326 e. The number of anilines is 1. The minimum Gasteiger partial charge on any atom is -0.376 e. The van der Waals surface area contributed by atoms with Crippen molar-refractivity contribution in [1.29, 1.82) is 0 Å². The molecule has 4 N–H and O–H groups in total. The van der Waals surface area contributed by atoms with Gasteiger partial charge in [-0.05, 0) is 44.1 Å². The van der Waals surface area contributed by atoms with Gasteiger partial charge >= 0.3 is 5.69 Å². The standard InChI is InChI=1S/C25H34N4O3/c1-17(18-11-5-2-6-12-18)26-20-21(27-24(32)28-22(20)30)23(31)29-25(15-9-4-10-16-25)19-13-7-3-8-14-19/h3,7-8,13-14,17-18,26H,2,4-6,9-12,15-16H2,1H3,(H,29,31)(H2,27,28,30,32)/t17-/m0/s1. The molecule has 2 aromatic rings. The summed E-state index contributed by atoms with van der Waals surface area (Å²) >= 11 is 0. The van der Waals surface area contributed by atoms with E-state index in [0.717, 1.165) is 50.5 Å². The van der Waals surface area contributed by atoms with Crippen LogP contribution >= 0.6 is 0 Å². The summed E-state index contributed by atoms with van der Waals surface area (Å²) in [6.45, 7) is 2.05. The van der Waals surface area contributed by atoms with Gasteiger partial charge in [0.05, 0.1) is 5.54 Å². The second-order valence-electron chi connectivity index (χ2n) is 9.45. The van der Waals surface area contributed by atoms with Crippen molar-refractivity contribution in [2.24, 2.45) is 5.92 Å². The van der Waals surface area contributed by atoms with Gasteiger partial charge in [-0.1, -0.05) is 68.9 Å². The van der Waals surface area contributed by atoms with Crippen LogP contribution < -0.4 is 21.9 Å². The van der Waals surface area contributed by atoms with E-state index in [4.69, 9.17) is 0 Å². The molecule has 7 heteroatoms. The third-order valence-corrected chi connectivity index (χ3v) is 7.28. The summed E-state index contributed by atoms with van der Waals surface area (Å²) in [5.41, 5.74) is -0.498.